The van der Waals surface area contributed by atoms with Crippen molar-refractivity contribution in [3.63, 3.8) is 0 Å². The third-order valence-corrected chi connectivity index (χ3v) is 0.778. The highest BCUT2D eigenvalue weighted by atomic mass is 16.5. The second kappa shape index (κ2) is 1.73. The molecule has 0 aromatic carbocycles. The molecule has 1 heterocycles. The second-order valence-electron chi connectivity index (χ2n) is 1.32. The molecule has 0 fully saturated rings. The van der Waals surface area contributed by atoms with E-state index in [2.05, 4.69) is 10.1 Å². The summed E-state index contributed by atoms with van der Waals surface area (Å²) in [5.74, 6) is -0.984. The Labute approximate surface area is 45.8 Å². The normalized spacial score (nSPS) is 16.2. The molecule has 0 aliphatic carbocycles. The van der Waals surface area contributed by atoms with Crippen LogP contribution in [-0.4, -0.2) is 17.8 Å². The number of hydrogen-bond acceptors (Lipinski definition) is 3. The molecule has 4 heteroatoms. The van der Waals surface area contributed by atoms with Crippen LogP contribution < -0.4 is 5.32 Å². The van der Waals surface area contributed by atoms with Crippen LogP contribution >= 0.6 is 0 Å². The Bertz CT molecular complexity index is 140. The summed E-state index contributed by atoms with van der Waals surface area (Å²) in [4.78, 5) is 9.99. The van der Waals surface area contributed by atoms with Crippen LogP contribution in [0.5, 0.6) is 0 Å². The van der Waals surface area contributed by atoms with E-state index in [4.69, 9.17) is 5.11 Å². The Kier molecular flexibility index (Phi) is 1.07. The standard InChI is InChI=1S/C4H5NO3/c6-4(7)3-1-8-2-5-3/h1,5H,2H2,(H,6,7). The van der Waals surface area contributed by atoms with Gasteiger partial charge in [0, 0.05) is 0 Å². The predicted molar refractivity (Wildman–Crippen MR) is 24.8 cm³/mol. The van der Waals surface area contributed by atoms with Crippen molar-refractivity contribution < 1.29 is 14.6 Å². The number of carboxylic acids is 1. The van der Waals surface area contributed by atoms with Gasteiger partial charge in [-0.25, -0.2) is 4.79 Å². The number of rotatable bonds is 1. The largest absolute Gasteiger partial charge is 0.478 e. The maximum Gasteiger partial charge on any atom is 0.355 e. The number of ether oxygens (including phenoxy) is 1. The highest BCUT2D eigenvalue weighted by molar-refractivity contribution is 5.85. The molecule has 1 rings (SSSR count). The zero-order valence-corrected chi connectivity index (χ0v) is 4.05. The Balaban J connectivity index is 2.57. The van der Waals surface area contributed by atoms with Crippen LogP contribution in [0.1, 0.15) is 0 Å². The molecule has 0 unspecified atom stereocenters. The third-order valence-electron chi connectivity index (χ3n) is 0.778. The number of nitrogens with one attached hydrogen (secondary N) is 1. The average molecular weight is 115 g/mol. The van der Waals surface area contributed by atoms with Crippen LogP contribution in [0.25, 0.3) is 0 Å². The minimum Gasteiger partial charge on any atom is -0.478 e. The highest BCUT2D eigenvalue weighted by Crippen LogP contribution is 1.95. The van der Waals surface area contributed by atoms with Gasteiger partial charge in [-0.05, 0) is 0 Å². The van der Waals surface area contributed by atoms with Crippen LogP contribution in [-0.2, 0) is 9.53 Å². The van der Waals surface area contributed by atoms with E-state index in [0.29, 0.717) is 0 Å². The summed E-state index contributed by atoms with van der Waals surface area (Å²) in [6, 6.07) is 0. The van der Waals surface area contributed by atoms with Gasteiger partial charge in [-0.1, -0.05) is 0 Å². The fraction of sp³-hybridized carbons (Fsp3) is 0.250. The molecule has 0 spiro atoms. The van der Waals surface area contributed by atoms with Crippen LogP contribution in [0.4, 0.5) is 0 Å². The van der Waals surface area contributed by atoms with Gasteiger partial charge >= 0.3 is 5.97 Å². The van der Waals surface area contributed by atoms with Crippen molar-refractivity contribution in [2.24, 2.45) is 0 Å². The Morgan fingerprint density at radius 1 is 2.00 bits per heavy atom. The van der Waals surface area contributed by atoms with Gasteiger partial charge in [0.1, 0.15) is 6.26 Å². The molecule has 8 heavy (non-hydrogen) atoms. The van der Waals surface area contributed by atoms with Crippen LogP contribution in [0, 0.1) is 0 Å². The summed E-state index contributed by atoms with van der Waals surface area (Å²) >= 11 is 0. The molecule has 0 bridgehead atoms. The lowest BCUT2D eigenvalue weighted by Crippen LogP contribution is -2.15. The van der Waals surface area contributed by atoms with E-state index < -0.39 is 5.97 Å². The molecule has 0 aromatic heterocycles. The van der Waals surface area contributed by atoms with Gasteiger partial charge in [0.15, 0.2) is 12.4 Å². The first-order chi connectivity index (χ1) is 3.80. The smallest absolute Gasteiger partial charge is 0.355 e. The number of carbonyl (C=O) groups is 1. The summed E-state index contributed by atoms with van der Waals surface area (Å²) in [5, 5.41) is 10.7. The van der Waals surface area contributed by atoms with E-state index >= 15 is 0 Å². The molecule has 1 aliphatic rings. The van der Waals surface area contributed by atoms with Gasteiger partial charge in [0.05, 0.1) is 0 Å². The molecule has 0 atom stereocenters. The average Bonchev–Trinajstić information content (AvgIpc) is 2.12. The van der Waals surface area contributed by atoms with Crippen LogP contribution in [0.15, 0.2) is 12.0 Å². The number of aliphatic carboxylic acids is 1. The maximum absolute atomic E-state index is 9.99. The van der Waals surface area contributed by atoms with E-state index in [1.54, 1.807) is 0 Å². The van der Waals surface area contributed by atoms with Gasteiger partial charge < -0.3 is 15.2 Å². The monoisotopic (exact) mass is 115 g/mol. The Hall–Kier alpha value is -1.19. The lowest BCUT2D eigenvalue weighted by molar-refractivity contribution is -0.132. The molecule has 44 valence electrons. The van der Waals surface area contributed by atoms with Gasteiger partial charge in [-0.3, -0.25) is 0 Å². The second-order valence-corrected chi connectivity index (χ2v) is 1.32. The maximum atomic E-state index is 9.99. The number of hydrogen-bond donors (Lipinski definition) is 2. The van der Waals surface area contributed by atoms with Crippen molar-refractivity contribution in [2.75, 3.05) is 6.73 Å². The summed E-state index contributed by atoms with van der Waals surface area (Å²) in [6.07, 6.45) is 1.18. The summed E-state index contributed by atoms with van der Waals surface area (Å²) in [7, 11) is 0. The first-order valence-corrected chi connectivity index (χ1v) is 2.09. The van der Waals surface area contributed by atoms with Crippen molar-refractivity contribution in [1.29, 1.82) is 0 Å². The molecular formula is C4H5NO3. The van der Waals surface area contributed by atoms with Crippen LogP contribution in [0.2, 0.25) is 0 Å². The molecule has 0 radical (unpaired) electrons. The predicted octanol–water partition coefficient (Wildman–Crippen LogP) is -0.510. The molecule has 0 saturated carbocycles. The fourth-order valence-corrected chi connectivity index (χ4v) is 0.412. The van der Waals surface area contributed by atoms with Gasteiger partial charge in [-0.2, -0.15) is 0 Å². The van der Waals surface area contributed by atoms with E-state index in [1.165, 1.54) is 6.26 Å². The molecular weight excluding hydrogens is 110 g/mol. The number of carboxylic acid groups (broad SMARTS) is 1. The summed E-state index contributed by atoms with van der Waals surface area (Å²) < 4.78 is 4.56. The highest BCUT2D eigenvalue weighted by Gasteiger charge is 2.10. The molecule has 0 amide bonds. The van der Waals surface area contributed by atoms with E-state index in [1.807, 2.05) is 0 Å². The lowest BCUT2D eigenvalue weighted by Gasteiger charge is -1.89. The van der Waals surface area contributed by atoms with Gasteiger partial charge in [0.2, 0.25) is 0 Å². The van der Waals surface area contributed by atoms with Gasteiger partial charge in [-0.15, -0.1) is 0 Å². The molecule has 0 saturated heterocycles. The first-order valence-electron chi connectivity index (χ1n) is 2.09. The van der Waals surface area contributed by atoms with Crippen molar-refractivity contribution in [3.05, 3.63) is 12.0 Å². The zero-order chi connectivity index (χ0) is 5.98. The lowest BCUT2D eigenvalue weighted by atomic mass is 10.5. The summed E-state index contributed by atoms with van der Waals surface area (Å²) in [5.41, 5.74) is 0.116. The van der Waals surface area contributed by atoms with Crippen LogP contribution in [0.3, 0.4) is 0 Å². The van der Waals surface area contributed by atoms with Gasteiger partial charge in [0.25, 0.3) is 0 Å². The van der Waals surface area contributed by atoms with E-state index in [0.717, 1.165) is 0 Å². The van der Waals surface area contributed by atoms with Crippen molar-refractivity contribution in [1.82, 2.24) is 5.32 Å². The molecule has 4 nitrogen and oxygen atoms in total. The molecule has 2 N–H and O–H groups in total. The van der Waals surface area contributed by atoms with Crippen molar-refractivity contribution >= 4 is 5.97 Å². The quantitative estimate of drug-likeness (QED) is 0.483. The minimum absolute atomic E-state index is 0.116. The first kappa shape index (κ1) is 4.96. The molecule has 1 aliphatic heterocycles. The Morgan fingerprint density at radius 2 is 2.75 bits per heavy atom. The topological polar surface area (TPSA) is 58.6 Å². The SMILES string of the molecule is O=C(O)C1=COCN1. The Morgan fingerprint density at radius 3 is 3.00 bits per heavy atom. The van der Waals surface area contributed by atoms with E-state index in [-0.39, 0.29) is 12.4 Å². The van der Waals surface area contributed by atoms with Crippen molar-refractivity contribution in [2.45, 2.75) is 0 Å². The van der Waals surface area contributed by atoms with E-state index in [9.17, 15) is 4.79 Å². The van der Waals surface area contributed by atoms with Crippen molar-refractivity contribution in [3.8, 4) is 0 Å². The summed E-state index contributed by atoms with van der Waals surface area (Å²) in [6.45, 7) is 0.266. The molecule has 0 aromatic rings. The minimum atomic E-state index is -0.984. The fourth-order valence-electron chi connectivity index (χ4n) is 0.412. The zero-order valence-electron chi connectivity index (χ0n) is 4.05. The third kappa shape index (κ3) is 0.726.